The zero-order chi connectivity index (χ0) is 10.3. The first-order chi connectivity index (χ1) is 6.63. The second-order valence-electron chi connectivity index (χ2n) is 2.37. The minimum Gasteiger partial charge on any atom is -0.444 e. The molecule has 2 aromatic heterocycles. The SMILES string of the molecule is CSc1nc(Cl)nc2c(Br)c(Br)oc12. The first-order valence-electron chi connectivity index (χ1n) is 3.48. The minimum absolute atomic E-state index is 0.218. The summed E-state index contributed by atoms with van der Waals surface area (Å²) in [6.45, 7) is 0. The van der Waals surface area contributed by atoms with E-state index in [0.29, 0.717) is 15.8 Å². The van der Waals surface area contributed by atoms with Crippen LogP contribution < -0.4 is 0 Å². The molecule has 0 aliphatic rings. The van der Waals surface area contributed by atoms with Crippen LogP contribution in [0.15, 0.2) is 18.6 Å². The lowest BCUT2D eigenvalue weighted by Gasteiger charge is -1.96. The molecule has 0 aliphatic heterocycles. The number of hydrogen-bond acceptors (Lipinski definition) is 4. The Hall–Kier alpha value is 0.220. The van der Waals surface area contributed by atoms with Crippen LogP contribution in [-0.4, -0.2) is 16.2 Å². The number of rotatable bonds is 1. The second-order valence-corrected chi connectivity index (χ2v) is 5.02. The van der Waals surface area contributed by atoms with Crippen molar-refractivity contribution in [3.8, 4) is 0 Å². The monoisotopic (exact) mass is 356 g/mol. The van der Waals surface area contributed by atoms with E-state index in [1.165, 1.54) is 11.8 Å². The Labute approximate surface area is 106 Å². The highest BCUT2D eigenvalue weighted by molar-refractivity contribution is 9.13. The summed E-state index contributed by atoms with van der Waals surface area (Å²) < 4.78 is 6.79. The molecule has 14 heavy (non-hydrogen) atoms. The maximum Gasteiger partial charge on any atom is 0.224 e. The Morgan fingerprint density at radius 1 is 1.36 bits per heavy atom. The van der Waals surface area contributed by atoms with Crippen LogP contribution >= 0.6 is 55.2 Å². The Morgan fingerprint density at radius 3 is 2.71 bits per heavy atom. The molecule has 0 saturated heterocycles. The maximum atomic E-state index is 5.77. The normalized spacial score (nSPS) is 11.1. The molecule has 0 amide bonds. The average Bonchev–Trinajstić information content (AvgIpc) is 2.43. The highest BCUT2D eigenvalue weighted by Gasteiger charge is 2.16. The zero-order valence-electron chi connectivity index (χ0n) is 6.84. The second kappa shape index (κ2) is 4.00. The molecule has 0 radical (unpaired) electrons. The number of thioether (sulfide) groups is 1. The summed E-state index contributed by atoms with van der Waals surface area (Å²) in [4.78, 5) is 8.13. The first kappa shape index (κ1) is 10.7. The van der Waals surface area contributed by atoms with E-state index in [1.807, 2.05) is 6.26 Å². The molecule has 74 valence electrons. The van der Waals surface area contributed by atoms with Crippen LogP contribution in [0.4, 0.5) is 0 Å². The Kier molecular flexibility index (Phi) is 3.06. The van der Waals surface area contributed by atoms with Gasteiger partial charge in [0.1, 0.15) is 10.5 Å². The lowest BCUT2D eigenvalue weighted by atomic mass is 10.5. The van der Waals surface area contributed by atoms with Crippen molar-refractivity contribution in [2.75, 3.05) is 6.26 Å². The third-order valence-electron chi connectivity index (χ3n) is 1.57. The molecule has 2 heterocycles. The van der Waals surface area contributed by atoms with Crippen molar-refractivity contribution in [2.24, 2.45) is 0 Å². The summed E-state index contributed by atoms with van der Waals surface area (Å²) in [5.41, 5.74) is 1.32. The van der Waals surface area contributed by atoms with Crippen LogP contribution in [0.1, 0.15) is 0 Å². The van der Waals surface area contributed by atoms with Gasteiger partial charge in [-0.2, -0.15) is 0 Å². The summed E-state index contributed by atoms with van der Waals surface area (Å²) >= 11 is 13.8. The minimum atomic E-state index is 0.218. The molecular weight excluding hydrogens is 355 g/mol. The van der Waals surface area contributed by atoms with Crippen molar-refractivity contribution >= 4 is 66.3 Å². The Balaban J connectivity index is 2.87. The lowest BCUT2D eigenvalue weighted by molar-refractivity contribution is 0.574. The lowest BCUT2D eigenvalue weighted by Crippen LogP contribution is -1.85. The van der Waals surface area contributed by atoms with Gasteiger partial charge < -0.3 is 4.42 Å². The van der Waals surface area contributed by atoms with Crippen LogP contribution in [0.3, 0.4) is 0 Å². The van der Waals surface area contributed by atoms with Gasteiger partial charge in [-0.3, -0.25) is 0 Å². The molecule has 2 aromatic rings. The van der Waals surface area contributed by atoms with Gasteiger partial charge in [0.2, 0.25) is 5.28 Å². The average molecular weight is 358 g/mol. The van der Waals surface area contributed by atoms with Crippen LogP contribution in [0.25, 0.3) is 11.1 Å². The molecule has 0 fully saturated rings. The summed E-state index contributed by atoms with van der Waals surface area (Å²) in [6, 6.07) is 0. The maximum absolute atomic E-state index is 5.77. The summed E-state index contributed by atoms with van der Waals surface area (Å²) in [7, 11) is 0. The van der Waals surface area contributed by atoms with Gasteiger partial charge in [-0.05, 0) is 49.7 Å². The van der Waals surface area contributed by atoms with Crippen LogP contribution in [0, 0.1) is 0 Å². The summed E-state index contributed by atoms with van der Waals surface area (Å²) in [5.74, 6) is 0. The quantitative estimate of drug-likeness (QED) is 0.437. The number of halogens is 3. The van der Waals surface area contributed by atoms with Crippen molar-refractivity contribution in [1.82, 2.24) is 9.97 Å². The third-order valence-corrected chi connectivity index (χ3v) is 4.23. The van der Waals surface area contributed by atoms with Gasteiger partial charge in [0.15, 0.2) is 10.3 Å². The summed E-state index contributed by atoms with van der Waals surface area (Å²) in [6.07, 6.45) is 1.91. The van der Waals surface area contributed by atoms with Gasteiger partial charge in [0.25, 0.3) is 0 Å². The van der Waals surface area contributed by atoms with Gasteiger partial charge in [0, 0.05) is 0 Å². The first-order valence-corrected chi connectivity index (χ1v) is 6.67. The van der Waals surface area contributed by atoms with E-state index in [1.54, 1.807) is 0 Å². The highest BCUT2D eigenvalue weighted by atomic mass is 79.9. The molecular formula is C7H3Br2ClN2OS. The smallest absolute Gasteiger partial charge is 0.224 e. The van der Waals surface area contributed by atoms with Gasteiger partial charge in [-0.1, -0.05) is 0 Å². The van der Waals surface area contributed by atoms with E-state index < -0.39 is 0 Å². The molecule has 0 aliphatic carbocycles. The molecule has 0 N–H and O–H groups in total. The van der Waals surface area contributed by atoms with Crippen molar-refractivity contribution in [1.29, 1.82) is 0 Å². The van der Waals surface area contributed by atoms with E-state index in [4.69, 9.17) is 16.0 Å². The van der Waals surface area contributed by atoms with Gasteiger partial charge >= 0.3 is 0 Å². The number of hydrogen-bond donors (Lipinski definition) is 0. The van der Waals surface area contributed by atoms with Crippen molar-refractivity contribution in [2.45, 2.75) is 5.03 Å². The Morgan fingerprint density at radius 2 is 2.07 bits per heavy atom. The molecule has 3 nitrogen and oxygen atoms in total. The molecule has 0 aromatic carbocycles. The number of furan rings is 1. The predicted octanol–water partition coefficient (Wildman–Crippen LogP) is 4.12. The fraction of sp³-hybridized carbons (Fsp3) is 0.143. The molecule has 0 unspecified atom stereocenters. The van der Waals surface area contributed by atoms with Gasteiger partial charge in [0.05, 0.1) is 4.47 Å². The topological polar surface area (TPSA) is 38.9 Å². The van der Waals surface area contributed by atoms with Crippen molar-refractivity contribution < 1.29 is 4.42 Å². The molecule has 7 heteroatoms. The molecule has 0 bridgehead atoms. The van der Waals surface area contributed by atoms with E-state index in [0.717, 1.165) is 9.50 Å². The zero-order valence-corrected chi connectivity index (χ0v) is 11.6. The molecule has 0 atom stereocenters. The highest BCUT2D eigenvalue weighted by Crippen LogP contribution is 2.37. The number of fused-ring (bicyclic) bond motifs is 1. The van der Waals surface area contributed by atoms with Gasteiger partial charge in [-0.15, -0.1) is 11.8 Å². The third kappa shape index (κ3) is 1.68. The fourth-order valence-electron chi connectivity index (χ4n) is 1.01. The fourth-order valence-corrected chi connectivity index (χ4v) is 2.43. The molecule has 0 spiro atoms. The van der Waals surface area contributed by atoms with Gasteiger partial charge in [-0.25, -0.2) is 9.97 Å². The van der Waals surface area contributed by atoms with E-state index in [2.05, 4.69) is 41.8 Å². The molecule has 0 saturated carbocycles. The Bertz CT molecular complexity index is 502. The molecule has 2 rings (SSSR count). The predicted molar refractivity (Wildman–Crippen MR) is 64.0 cm³/mol. The van der Waals surface area contributed by atoms with E-state index in [-0.39, 0.29) is 5.28 Å². The number of nitrogens with zero attached hydrogens (tertiary/aromatic N) is 2. The van der Waals surface area contributed by atoms with E-state index in [9.17, 15) is 0 Å². The van der Waals surface area contributed by atoms with Crippen molar-refractivity contribution in [3.05, 3.63) is 14.4 Å². The van der Waals surface area contributed by atoms with E-state index >= 15 is 0 Å². The van der Waals surface area contributed by atoms with Crippen molar-refractivity contribution in [3.63, 3.8) is 0 Å². The van der Waals surface area contributed by atoms with Crippen LogP contribution in [-0.2, 0) is 0 Å². The standard InChI is InChI=1S/C7H3Br2ClN2OS/c1-14-6-4-3(11-7(10)12-6)2(8)5(9)13-4/h1H3. The van der Waals surface area contributed by atoms with Crippen LogP contribution in [0.5, 0.6) is 0 Å². The largest absolute Gasteiger partial charge is 0.444 e. The summed E-state index contributed by atoms with van der Waals surface area (Å²) in [5, 5.41) is 0.947. The van der Waals surface area contributed by atoms with Crippen LogP contribution in [0.2, 0.25) is 5.28 Å². The number of aromatic nitrogens is 2.